The molecule has 5 aromatic carbocycles. The van der Waals surface area contributed by atoms with Gasteiger partial charge in [-0.05, 0) is 95.9 Å². The molecular weight excluding hydrogens is 574 g/mol. The van der Waals surface area contributed by atoms with Gasteiger partial charge < -0.3 is 9.47 Å². The summed E-state index contributed by atoms with van der Waals surface area (Å²) in [6.45, 7) is 3.64. The molecule has 5 rings (SSSR count). The summed E-state index contributed by atoms with van der Waals surface area (Å²) >= 11 is 0. The van der Waals surface area contributed by atoms with Crippen LogP contribution in [0, 0.1) is 13.8 Å². The predicted molar refractivity (Wildman–Crippen MR) is 174 cm³/mol. The number of amides is 1. The Labute approximate surface area is 257 Å². The first-order valence-corrected chi connectivity index (χ1v) is 15.4. The highest BCUT2D eigenvalue weighted by Crippen LogP contribution is 2.33. The van der Waals surface area contributed by atoms with Gasteiger partial charge in [-0.25, -0.2) is 13.8 Å². The molecule has 0 fully saturated rings. The second-order valence-corrected chi connectivity index (χ2v) is 12.2. The van der Waals surface area contributed by atoms with Gasteiger partial charge in [0.05, 0.1) is 23.9 Å². The van der Waals surface area contributed by atoms with E-state index in [1.165, 1.54) is 30.8 Å². The molecule has 0 unspecified atom stereocenters. The summed E-state index contributed by atoms with van der Waals surface area (Å²) in [5, 5.41) is 6.39. The molecule has 0 spiro atoms. The van der Waals surface area contributed by atoms with Crippen molar-refractivity contribution in [3.05, 3.63) is 131 Å². The minimum Gasteiger partial charge on any atom is -0.495 e. The van der Waals surface area contributed by atoms with Crippen molar-refractivity contribution in [2.24, 2.45) is 5.10 Å². The van der Waals surface area contributed by atoms with E-state index in [1.54, 1.807) is 24.3 Å². The van der Waals surface area contributed by atoms with Crippen molar-refractivity contribution in [3.8, 4) is 11.5 Å². The molecule has 0 bridgehead atoms. The van der Waals surface area contributed by atoms with E-state index in [0.717, 1.165) is 31.9 Å². The average Bonchev–Trinajstić information content (AvgIpc) is 3.03. The van der Waals surface area contributed by atoms with Crippen molar-refractivity contribution in [1.29, 1.82) is 0 Å². The highest BCUT2D eigenvalue weighted by molar-refractivity contribution is 7.92. The van der Waals surface area contributed by atoms with Crippen molar-refractivity contribution in [3.63, 3.8) is 0 Å². The fourth-order valence-electron chi connectivity index (χ4n) is 4.62. The molecule has 0 saturated carbocycles. The standard InChI is InChI=1S/C35H33N3O5S/c1-25-8-17-32(18-9-25)44(40,41)38(33-20-26(2)10-19-34(33)42-3)23-35(39)37-36-22-27-12-15-31(16-13-27)43-24-28-11-14-29-6-4-5-7-30(29)21-28/h4-22H,23-24H2,1-3H3,(H,37,39)/b36-22-. The van der Waals surface area contributed by atoms with Crippen LogP contribution in [-0.2, 0) is 21.4 Å². The zero-order chi connectivity index (χ0) is 31.1. The number of ether oxygens (including phenoxy) is 2. The van der Waals surface area contributed by atoms with Gasteiger partial charge in [-0.1, -0.05) is 60.2 Å². The highest BCUT2D eigenvalue weighted by atomic mass is 32.2. The molecule has 0 aliphatic heterocycles. The van der Waals surface area contributed by atoms with Crippen LogP contribution in [0.2, 0.25) is 0 Å². The third-order valence-electron chi connectivity index (χ3n) is 7.00. The summed E-state index contributed by atoms with van der Waals surface area (Å²) in [5.41, 5.74) is 6.23. The number of rotatable bonds is 11. The lowest BCUT2D eigenvalue weighted by Crippen LogP contribution is -2.39. The van der Waals surface area contributed by atoms with E-state index in [9.17, 15) is 13.2 Å². The van der Waals surface area contributed by atoms with E-state index in [-0.39, 0.29) is 10.6 Å². The van der Waals surface area contributed by atoms with Gasteiger partial charge in [-0.15, -0.1) is 0 Å². The second-order valence-electron chi connectivity index (χ2n) is 10.3. The number of hydrogen-bond acceptors (Lipinski definition) is 6. The van der Waals surface area contributed by atoms with E-state index in [1.807, 2.05) is 62.4 Å². The molecule has 1 N–H and O–H groups in total. The van der Waals surface area contributed by atoms with Gasteiger partial charge in [-0.3, -0.25) is 9.10 Å². The van der Waals surface area contributed by atoms with E-state index in [2.05, 4.69) is 34.8 Å². The van der Waals surface area contributed by atoms with Gasteiger partial charge in [0, 0.05) is 0 Å². The molecule has 44 heavy (non-hydrogen) atoms. The van der Waals surface area contributed by atoms with Crippen LogP contribution in [0.3, 0.4) is 0 Å². The Hall–Kier alpha value is -5.15. The molecule has 0 heterocycles. The maximum Gasteiger partial charge on any atom is 0.264 e. The fourth-order valence-corrected chi connectivity index (χ4v) is 6.05. The van der Waals surface area contributed by atoms with Crippen LogP contribution in [0.4, 0.5) is 5.69 Å². The molecule has 0 atom stereocenters. The average molecular weight is 608 g/mol. The quantitative estimate of drug-likeness (QED) is 0.139. The zero-order valence-electron chi connectivity index (χ0n) is 24.7. The van der Waals surface area contributed by atoms with Crippen molar-refractivity contribution in [2.45, 2.75) is 25.3 Å². The summed E-state index contributed by atoms with van der Waals surface area (Å²) in [5.74, 6) is 0.407. The van der Waals surface area contributed by atoms with Gasteiger partial charge in [-0.2, -0.15) is 5.10 Å². The molecule has 5 aromatic rings. The Morgan fingerprint density at radius 3 is 2.27 bits per heavy atom. The molecule has 0 aliphatic carbocycles. The predicted octanol–water partition coefficient (Wildman–Crippen LogP) is 6.39. The Balaban J connectivity index is 1.25. The number of nitrogens with one attached hydrogen (secondary N) is 1. The van der Waals surface area contributed by atoms with E-state index in [0.29, 0.717) is 18.1 Å². The van der Waals surface area contributed by atoms with E-state index in [4.69, 9.17) is 9.47 Å². The summed E-state index contributed by atoms with van der Waals surface area (Å²) in [4.78, 5) is 13.1. The number of carbonyl (C=O) groups excluding carboxylic acids is 1. The molecule has 0 radical (unpaired) electrons. The number of nitrogens with zero attached hydrogens (tertiary/aromatic N) is 2. The molecule has 0 aliphatic rings. The normalized spacial score (nSPS) is 11.4. The van der Waals surface area contributed by atoms with Crippen molar-refractivity contribution >= 4 is 38.6 Å². The first-order valence-electron chi connectivity index (χ1n) is 14.0. The van der Waals surface area contributed by atoms with Crippen molar-refractivity contribution in [2.75, 3.05) is 18.0 Å². The monoisotopic (exact) mass is 607 g/mol. The molecule has 224 valence electrons. The van der Waals surface area contributed by atoms with Gasteiger partial charge in [0.2, 0.25) is 0 Å². The second kappa shape index (κ2) is 13.4. The fraction of sp³-hybridized carbons (Fsp3) is 0.143. The molecule has 9 heteroatoms. The van der Waals surface area contributed by atoms with E-state index >= 15 is 0 Å². The summed E-state index contributed by atoms with van der Waals surface area (Å²) < 4.78 is 39.9. The topological polar surface area (TPSA) is 97.3 Å². The van der Waals surface area contributed by atoms with Gasteiger partial charge in [0.15, 0.2) is 0 Å². The van der Waals surface area contributed by atoms with Crippen LogP contribution < -0.4 is 19.2 Å². The minimum atomic E-state index is -4.11. The number of fused-ring (bicyclic) bond motifs is 1. The molecule has 1 amide bonds. The van der Waals surface area contributed by atoms with Crippen LogP contribution in [0.1, 0.15) is 22.3 Å². The van der Waals surface area contributed by atoms with Gasteiger partial charge >= 0.3 is 0 Å². The number of aryl methyl sites for hydroxylation is 2. The highest BCUT2D eigenvalue weighted by Gasteiger charge is 2.29. The smallest absolute Gasteiger partial charge is 0.264 e. The van der Waals surface area contributed by atoms with Crippen LogP contribution in [0.5, 0.6) is 11.5 Å². The van der Waals surface area contributed by atoms with Gasteiger partial charge in [0.25, 0.3) is 15.9 Å². The summed E-state index contributed by atoms with van der Waals surface area (Å²) in [6.07, 6.45) is 1.48. The summed E-state index contributed by atoms with van der Waals surface area (Å²) in [7, 11) is -2.65. The SMILES string of the molecule is COc1ccc(C)cc1N(CC(=O)N/N=C\c1ccc(OCc2ccc3ccccc3c2)cc1)S(=O)(=O)c1ccc(C)cc1. The first-order chi connectivity index (χ1) is 21.2. The number of carbonyl (C=O) groups is 1. The largest absolute Gasteiger partial charge is 0.495 e. The molecule has 8 nitrogen and oxygen atoms in total. The first kappa shape index (κ1) is 30.3. The number of hydrazone groups is 1. The van der Waals surface area contributed by atoms with Crippen molar-refractivity contribution in [1.82, 2.24) is 5.43 Å². The number of anilines is 1. The Morgan fingerprint density at radius 2 is 1.55 bits per heavy atom. The third kappa shape index (κ3) is 7.25. The van der Waals surface area contributed by atoms with Crippen LogP contribution in [-0.4, -0.2) is 34.2 Å². The number of sulfonamides is 1. The van der Waals surface area contributed by atoms with Crippen LogP contribution in [0.25, 0.3) is 10.8 Å². The van der Waals surface area contributed by atoms with Crippen molar-refractivity contribution < 1.29 is 22.7 Å². The Bertz CT molecular complexity index is 1900. The number of hydrogen-bond donors (Lipinski definition) is 1. The lowest BCUT2D eigenvalue weighted by atomic mass is 10.1. The molecule has 0 saturated heterocycles. The summed E-state index contributed by atoms with van der Waals surface area (Å²) in [6, 6.07) is 33.3. The Morgan fingerprint density at radius 1 is 0.841 bits per heavy atom. The Kier molecular flexibility index (Phi) is 9.26. The van der Waals surface area contributed by atoms with Crippen LogP contribution >= 0.6 is 0 Å². The van der Waals surface area contributed by atoms with Gasteiger partial charge in [0.1, 0.15) is 24.7 Å². The van der Waals surface area contributed by atoms with E-state index < -0.39 is 22.5 Å². The molecule has 0 aromatic heterocycles. The lowest BCUT2D eigenvalue weighted by Gasteiger charge is -2.25. The van der Waals surface area contributed by atoms with Crippen LogP contribution in [0.15, 0.2) is 119 Å². The number of benzene rings is 5. The number of methoxy groups -OCH3 is 1. The zero-order valence-corrected chi connectivity index (χ0v) is 25.5. The lowest BCUT2D eigenvalue weighted by molar-refractivity contribution is -0.119. The third-order valence-corrected chi connectivity index (χ3v) is 8.78. The minimum absolute atomic E-state index is 0.0610. The molecular formula is C35H33N3O5S. The maximum absolute atomic E-state index is 13.7. The maximum atomic E-state index is 13.7.